The minimum Gasteiger partial charge on any atom is 0 e. The third-order valence-corrected chi connectivity index (χ3v) is 0. The van der Waals surface area contributed by atoms with Crippen molar-refractivity contribution in [2.75, 3.05) is 0 Å². The number of hydrogen-bond donors (Lipinski definition) is 0. The summed E-state index contributed by atoms with van der Waals surface area (Å²) in [6.07, 6.45) is 0. The Kier molecular flexibility index (Phi) is 212. The summed E-state index contributed by atoms with van der Waals surface area (Å²) in [6, 6.07) is 0. The standard InChI is InChI=1S/Al.BH3.Cr.Ti.3H/h;1H3;;;;;. The summed E-state index contributed by atoms with van der Waals surface area (Å²) in [7, 11) is 0. The fourth-order valence-electron chi connectivity index (χ4n) is 0. The summed E-state index contributed by atoms with van der Waals surface area (Å²) in [5.74, 6) is 0. The zero-order valence-corrected chi connectivity index (χ0v) is 3.74. The van der Waals surface area contributed by atoms with Crippen LogP contribution in [0, 0.1) is 0 Å². The van der Waals surface area contributed by atoms with Crippen molar-refractivity contribution >= 4 is 25.8 Å². The van der Waals surface area contributed by atoms with Crippen LogP contribution in [0.15, 0.2) is 0 Å². The second-order valence-electron chi connectivity index (χ2n) is 0. The van der Waals surface area contributed by atoms with E-state index in [1.807, 2.05) is 0 Å². The summed E-state index contributed by atoms with van der Waals surface area (Å²) in [5.41, 5.74) is 0. The molecular weight excluding hydrogens is 138 g/mol. The first-order chi connectivity index (χ1) is 0. The van der Waals surface area contributed by atoms with Crippen LogP contribution in [0.5, 0.6) is 0 Å². The molecule has 0 nitrogen and oxygen atoms in total. The quantitative estimate of drug-likeness (QED) is 0.333. The molecule has 0 aliphatic carbocycles. The van der Waals surface area contributed by atoms with E-state index in [2.05, 4.69) is 0 Å². The molecule has 22 valence electrons. The first kappa shape index (κ1) is 40.3. The summed E-state index contributed by atoms with van der Waals surface area (Å²) in [5, 5.41) is 0. The Morgan fingerprint density at radius 2 is 1.00 bits per heavy atom. The van der Waals surface area contributed by atoms with Gasteiger partial charge >= 0.3 is 0 Å². The molecule has 0 aliphatic rings. The van der Waals surface area contributed by atoms with Crippen LogP contribution in [0.1, 0.15) is 0 Å². The molecule has 0 aromatic rings. The molecule has 0 radical (unpaired) electrons. The van der Waals surface area contributed by atoms with E-state index in [4.69, 9.17) is 0 Å². The number of rotatable bonds is 0. The van der Waals surface area contributed by atoms with E-state index in [1.165, 1.54) is 0 Å². The average Bonchev–Trinajstić information content (AvgIpc) is 0. The average molecular weight is 144 g/mol. The summed E-state index contributed by atoms with van der Waals surface area (Å²) < 4.78 is 0. The van der Waals surface area contributed by atoms with Gasteiger partial charge in [0.05, 0.1) is 8.41 Å². The van der Waals surface area contributed by atoms with Crippen molar-refractivity contribution in [2.24, 2.45) is 0 Å². The smallest absolute Gasteiger partial charge is 0 e. The van der Waals surface area contributed by atoms with Gasteiger partial charge in [0.1, 0.15) is 0 Å². The van der Waals surface area contributed by atoms with Crippen molar-refractivity contribution in [3.05, 3.63) is 0 Å². The Labute approximate surface area is 64.4 Å². The third-order valence-electron chi connectivity index (χ3n) is 0. The van der Waals surface area contributed by atoms with Crippen LogP contribution in [-0.4, -0.2) is 25.8 Å². The Hall–Kier alpha value is 1.84. The van der Waals surface area contributed by atoms with Crippen molar-refractivity contribution < 1.29 is 39.1 Å². The Morgan fingerprint density at radius 1 is 1.00 bits per heavy atom. The van der Waals surface area contributed by atoms with Gasteiger partial charge in [-0.3, -0.25) is 0 Å². The van der Waals surface area contributed by atoms with Gasteiger partial charge in [-0.25, -0.2) is 0 Å². The van der Waals surface area contributed by atoms with Crippen LogP contribution < -0.4 is 0 Å². The molecule has 0 amide bonds. The fraction of sp³-hybridized carbons (Fsp3) is 0. The second-order valence-corrected chi connectivity index (χ2v) is 0. The predicted octanol–water partition coefficient (Wildman–Crippen LogP) is -2.37. The van der Waals surface area contributed by atoms with Crippen molar-refractivity contribution in [3.63, 3.8) is 0 Å². The molecule has 0 bridgehead atoms. The molecule has 0 saturated carbocycles. The van der Waals surface area contributed by atoms with Crippen LogP contribution in [-0.2, 0) is 39.1 Å². The third kappa shape index (κ3) is 9.14. The van der Waals surface area contributed by atoms with Crippen LogP contribution in [0.2, 0.25) is 0 Å². The molecular formula is H6AlBCrTi. The zero-order valence-electron chi connectivity index (χ0n) is 0.908. The van der Waals surface area contributed by atoms with Crippen LogP contribution >= 0.6 is 0 Å². The minimum atomic E-state index is 0. The Balaban J connectivity index is 0. The molecule has 0 aliphatic heterocycles. The summed E-state index contributed by atoms with van der Waals surface area (Å²) in [4.78, 5) is 0. The van der Waals surface area contributed by atoms with Gasteiger partial charge in [0.2, 0.25) is 0 Å². The van der Waals surface area contributed by atoms with E-state index in [0.717, 1.165) is 0 Å². The zero-order chi connectivity index (χ0) is 0. The Bertz CT molecular complexity index is 8.00. The van der Waals surface area contributed by atoms with Gasteiger partial charge in [-0.2, -0.15) is 0 Å². The second kappa shape index (κ2) is 21.0. The monoisotopic (exact) mass is 144 g/mol. The van der Waals surface area contributed by atoms with Gasteiger partial charge < -0.3 is 0 Å². The van der Waals surface area contributed by atoms with Gasteiger partial charge in [0.15, 0.2) is 17.4 Å². The summed E-state index contributed by atoms with van der Waals surface area (Å²) in [6.45, 7) is 0. The first-order valence-electron chi connectivity index (χ1n) is 0. The van der Waals surface area contributed by atoms with E-state index < -0.39 is 0 Å². The van der Waals surface area contributed by atoms with E-state index in [-0.39, 0.29) is 64.9 Å². The van der Waals surface area contributed by atoms with Gasteiger partial charge in [-0.05, 0) is 0 Å². The predicted molar refractivity (Wildman–Crippen MR) is 19.9 cm³/mol. The molecule has 0 fully saturated rings. The number of hydrogen-bond acceptors (Lipinski definition) is 0. The maximum Gasteiger partial charge on any atom is 0.187 e. The SMILES string of the molecule is B.[AlH3].[Cr].[Ti]. The summed E-state index contributed by atoms with van der Waals surface area (Å²) >= 11 is 0. The van der Waals surface area contributed by atoms with Crippen molar-refractivity contribution in [1.29, 1.82) is 0 Å². The molecule has 0 unspecified atom stereocenters. The molecule has 0 N–H and O–H groups in total. The van der Waals surface area contributed by atoms with E-state index in [9.17, 15) is 0 Å². The molecule has 4 heteroatoms. The molecule has 0 heterocycles. The van der Waals surface area contributed by atoms with Gasteiger partial charge in [-0.1, -0.05) is 0 Å². The van der Waals surface area contributed by atoms with Crippen molar-refractivity contribution in [3.8, 4) is 0 Å². The minimum absolute atomic E-state index is 0. The van der Waals surface area contributed by atoms with E-state index >= 15 is 0 Å². The van der Waals surface area contributed by atoms with E-state index in [1.54, 1.807) is 0 Å². The van der Waals surface area contributed by atoms with Crippen molar-refractivity contribution in [1.82, 2.24) is 0 Å². The molecule has 0 saturated heterocycles. The van der Waals surface area contributed by atoms with Crippen LogP contribution in [0.3, 0.4) is 0 Å². The van der Waals surface area contributed by atoms with Crippen molar-refractivity contribution in [2.45, 2.75) is 0 Å². The molecule has 0 atom stereocenters. The van der Waals surface area contributed by atoms with Crippen LogP contribution in [0.4, 0.5) is 0 Å². The molecule has 0 aromatic carbocycles. The van der Waals surface area contributed by atoms with E-state index in [0.29, 0.717) is 0 Å². The van der Waals surface area contributed by atoms with Gasteiger partial charge in [0.25, 0.3) is 0 Å². The normalized spacial score (nSPS) is 0. The topological polar surface area (TPSA) is 0 Å². The fourth-order valence-corrected chi connectivity index (χ4v) is 0. The molecule has 0 rings (SSSR count). The first-order valence-corrected chi connectivity index (χ1v) is 0. The largest absolute Gasteiger partial charge is 0.187 e. The molecule has 0 aromatic heterocycles. The van der Waals surface area contributed by atoms with Gasteiger partial charge in [0, 0.05) is 39.1 Å². The maximum atomic E-state index is 0. The molecule has 4 heavy (non-hydrogen) atoms. The maximum absolute atomic E-state index is 0. The van der Waals surface area contributed by atoms with Gasteiger partial charge in [-0.15, -0.1) is 0 Å². The van der Waals surface area contributed by atoms with Crippen LogP contribution in [0.25, 0.3) is 0 Å². The Morgan fingerprint density at radius 3 is 1.00 bits per heavy atom. The molecule has 0 spiro atoms.